The Morgan fingerprint density at radius 1 is 0.971 bits per heavy atom. The quantitative estimate of drug-likeness (QED) is 0.333. The van der Waals surface area contributed by atoms with Crippen molar-refractivity contribution in [1.29, 1.82) is 0 Å². The first-order valence-corrected chi connectivity index (χ1v) is 12.4. The minimum atomic E-state index is -0.731. The molecule has 1 amide bonds. The van der Waals surface area contributed by atoms with Crippen molar-refractivity contribution in [2.24, 2.45) is 4.99 Å². The van der Waals surface area contributed by atoms with Gasteiger partial charge in [0.1, 0.15) is 23.1 Å². The summed E-state index contributed by atoms with van der Waals surface area (Å²) in [6.45, 7) is 3.99. The van der Waals surface area contributed by atoms with E-state index in [1.807, 2.05) is 32.0 Å². The third-order valence-corrected chi connectivity index (χ3v) is 7.52. The molecule has 3 aromatic carbocycles. The summed E-state index contributed by atoms with van der Waals surface area (Å²) in [5.74, 6) is 0.0355. The third kappa shape index (κ3) is 5.07. The van der Waals surface area contributed by atoms with Gasteiger partial charge in [-0.3, -0.25) is 15.0 Å². The van der Waals surface area contributed by atoms with Crippen LogP contribution in [0.25, 0.3) is 0 Å². The molecule has 1 saturated heterocycles. The van der Waals surface area contributed by atoms with Crippen LogP contribution < -0.4 is 10.4 Å². The zero-order chi connectivity index (χ0) is 24.6. The molecule has 1 atom stereocenters. The molecular formula is C24H17Cl4N3O2S. The van der Waals surface area contributed by atoms with E-state index >= 15 is 0 Å². The number of nitrogens with one attached hydrogen (secondary N) is 1. The molecule has 10 heteroatoms. The highest BCUT2D eigenvalue weighted by atomic mass is 35.5. The van der Waals surface area contributed by atoms with Gasteiger partial charge in [-0.1, -0.05) is 64.1 Å². The van der Waals surface area contributed by atoms with E-state index in [4.69, 9.17) is 46.4 Å². The van der Waals surface area contributed by atoms with Gasteiger partial charge >= 0.3 is 0 Å². The Kier molecular flexibility index (Phi) is 7.45. The minimum absolute atomic E-state index is 0.211. The predicted molar refractivity (Wildman–Crippen MR) is 142 cm³/mol. The van der Waals surface area contributed by atoms with E-state index in [0.717, 1.165) is 16.0 Å². The van der Waals surface area contributed by atoms with Crippen molar-refractivity contribution in [2.75, 3.05) is 5.01 Å². The molecular weight excluding hydrogens is 536 g/mol. The normalized spacial score (nSPS) is 16.8. The number of rotatable bonds is 5. The van der Waals surface area contributed by atoms with Crippen LogP contribution in [0, 0.1) is 13.8 Å². The Hall–Kier alpha value is -2.22. The summed E-state index contributed by atoms with van der Waals surface area (Å²) < 4.78 is 0. The summed E-state index contributed by atoms with van der Waals surface area (Å²) in [6.07, 6.45) is 0.700. The van der Waals surface area contributed by atoms with Crippen LogP contribution in [0.15, 0.2) is 58.4 Å². The van der Waals surface area contributed by atoms with Crippen LogP contribution in [0.5, 0.6) is 0 Å². The van der Waals surface area contributed by atoms with Crippen LogP contribution in [-0.4, -0.2) is 23.3 Å². The molecule has 0 saturated carbocycles. The number of halogens is 4. The molecule has 1 aliphatic rings. The number of benzene rings is 3. The van der Waals surface area contributed by atoms with E-state index in [0.29, 0.717) is 28.4 Å². The number of thioether (sulfide) groups is 1. The van der Waals surface area contributed by atoms with Crippen molar-refractivity contribution >= 4 is 87.6 Å². The highest BCUT2D eigenvalue weighted by Crippen LogP contribution is 2.40. The number of carbonyl (C=O) groups is 2. The summed E-state index contributed by atoms with van der Waals surface area (Å²) in [4.78, 5) is 30.2. The average Bonchev–Trinajstić information content (AvgIpc) is 3.05. The number of nitrogens with zero attached hydrogens (tertiary/aromatic N) is 2. The van der Waals surface area contributed by atoms with Crippen LogP contribution in [0.2, 0.25) is 20.1 Å². The highest BCUT2D eigenvalue weighted by Gasteiger charge is 2.41. The number of hydrazine groups is 1. The van der Waals surface area contributed by atoms with Gasteiger partial charge in [0.15, 0.2) is 0 Å². The second-order valence-electron chi connectivity index (χ2n) is 7.60. The van der Waals surface area contributed by atoms with Gasteiger partial charge in [0.25, 0.3) is 5.91 Å². The summed E-state index contributed by atoms with van der Waals surface area (Å²) in [5.41, 5.74) is 6.29. The first kappa shape index (κ1) is 24.9. The maximum Gasteiger partial charge on any atom is 0.267 e. The Bertz CT molecular complexity index is 1320. The topological polar surface area (TPSA) is 61.8 Å². The SMILES string of the molecule is Cc1ccc(SC2C(=O)N(c3c(Cl)cc(Cl)cc3Cl)NC2=Nc2ccc(C=O)cc2Cl)c(C)c1. The Labute approximate surface area is 221 Å². The van der Waals surface area contributed by atoms with Crippen LogP contribution in [0.1, 0.15) is 21.5 Å². The van der Waals surface area contributed by atoms with Crippen LogP contribution in [-0.2, 0) is 4.79 Å². The van der Waals surface area contributed by atoms with Crippen molar-refractivity contribution in [3.63, 3.8) is 0 Å². The van der Waals surface area contributed by atoms with E-state index in [1.54, 1.807) is 12.1 Å². The first-order chi connectivity index (χ1) is 16.2. The maximum absolute atomic E-state index is 13.6. The van der Waals surface area contributed by atoms with Crippen molar-refractivity contribution in [3.8, 4) is 0 Å². The number of amides is 1. The lowest BCUT2D eigenvalue weighted by Crippen LogP contribution is -2.36. The molecule has 34 heavy (non-hydrogen) atoms. The van der Waals surface area contributed by atoms with Gasteiger partial charge in [0.05, 0.1) is 20.8 Å². The van der Waals surface area contributed by atoms with Crippen LogP contribution >= 0.6 is 58.2 Å². The molecule has 1 fully saturated rings. The van der Waals surface area contributed by atoms with Crippen molar-refractivity contribution < 1.29 is 9.59 Å². The van der Waals surface area contributed by atoms with Crippen molar-refractivity contribution in [1.82, 2.24) is 5.43 Å². The smallest absolute Gasteiger partial charge is 0.267 e. The molecule has 1 unspecified atom stereocenters. The van der Waals surface area contributed by atoms with Gasteiger partial charge < -0.3 is 0 Å². The molecule has 3 aromatic rings. The molecule has 174 valence electrons. The standard InChI is InChI=1S/C24H17Cl4N3O2S/c1-12-3-6-20(13(2)7-12)34-22-23(29-19-5-4-14(11-32)8-16(19)26)30-31(24(22)33)21-17(27)9-15(25)10-18(21)28/h3-11,22H,1-2H3,(H,29,30). The van der Waals surface area contributed by atoms with Crippen molar-refractivity contribution in [2.45, 2.75) is 24.0 Å². The van der Waals surface area contributed by atoms with Crippen LogP contribution in [0.4, 0.5) is 11.4 Å². The third-order valence-electron chi connectivity index (χ3n) is 5.05. The zero-order valence-corrected chi connectivity index (χ0v) is 21.7. The molecule has 0 radical (unpaired) electrons. The molecule has 4 rings (SSSR count). The summed E-state index contributed by atoms with van der Waals surface area (Å²) in [7, 11) is 0. The van der Waals surface area contributed by atoms with E-state index in [-0.39, 0.29) is 26.7 Å². The fourth-order valence-corrected chi connectivity index (χ4v) is 5.73. The molecule has 0 bridgehead atoms. The zero-order valence-electron chi connectivity index (χ0n) is 17.9. The first-order valence-electron chi connectivity index (χ1n) is 10.0. The lowest BCUT2D eigenvalue weighted by molar-refractivity contribution is -0.116. The number of carbonyl (C=O) groups excluding carboxylic acids is 2. The van der Waals surface area contributed by atoms with Gasteiger partial charge in [-0.15, -0.1) is 11.8 Å². The summed E-state index contributed by atoms with van der Waals surface area (Å²) in [5, 5.41) is 1.59. The second kappa shape index (κ2) is 10.2. The largest absolute Gasteiger partial charge is 0.298 e. The number of anilines is 1. The van der Waals surface area contributed by atoms with Gasteiger partial charge in [0, 0.05) is 15.5 Å². The summed E-state index contributed by atoms with van der Waals surface area (Å²) in [6, 6.07) is 13.8. The second-order valence-corrected chi connectivity index (χ2v) is 10.4. The van der Waals surface area contributed by atoms with Gasteiger partial charge in [0.2, 0.25) is 0 Å². The van der Waals surface area contributed by atoms with E-state index in [9.17, 15) is 9.59 Å². The fourth-order valence-electron chi connectivity index (χ4n) is 3.44. The number of hydrogen-bond acceptors (Lipinski definition) is 4. The molecule has 1 heterocycles. The molecule has 0 aliphatic carbocycles. The monoisotopic (exact) mass is 551 g/mol. The van der Waals surface area contributed by atoms with Gasteiger partial charge in [-0.05, 0) is 55.8 Å². The number of aryl methyl sites for hydroxylation is 2. The van der Waals surface area contributed by atoms with E-state index in [1.165, 1.54) is 35.0 Å². The van der Waals surface area contributed by atoms with Gasteiger partial charge in [-0.25, -0.2) is 10.0 Å². The number of aldehydes is 1. The van der Waals surface area contributed by atoms with E-state index < -0.39 is 5.25 Å². The average molecular weight is 553 g/mol. The lowest BCUT2D eigenvalue weighted by atomic mass is 10.2. The Morgan fingerprint density at radius 2 is 1.68 bits per heavy atom. The molecule has 5 nitrogen and oxygen atoms in total. The molecule has 1 N–H and O–H groups in total. The van der Waals surface area contributed by atoms with Crippen molar-refractivity contribution in [3.05, 3.63) is 85.3 Å². The molecule has 0 aromatic heterocycles. The number of aliphatic imine (C=N–C) groups is 1. The van der Waals surface area contributed by atoms with E-state index in [2.05, 4.69) is 10.4 Å². The Balaban J connectivity index is 1.80. The predicted octanol–water partition coefficient (Wildman–Crippen LogP) is 7.47. The Morgan fingerprint density at radius 3 is 2.29 bits per heavy atom. The van der Waals surface area contributed by atoms with Gasteiger partial charge in [-0.2, -0.15) is 0 Å². The minimum Gasteiger partial charge on any atom is -0.298 e. The lowest BCUT2D eigenvalue weighted by Gasteiger charge is -2.19. The van der Waals surface area contributed by atoms with Crippen LogP contribution in [0.3, 0.4) is 0 Å². The number of amidine groups is 1. The fraction of sp³-hybridized carbons (Fsp3) is 0.125. The maximum atomic E-state index is 13.6. The molecule has 1 aliphatic heterocycles. The summed E-state index contributed by atoms with van der Waals surface area (Å²) >= 11 is 26.5. The molecule has 0 spiro atoms. The number of hydrogen-bond donors (Lipinski definition) is 1. The highest BCUT2D eigenvalue weighted by molar-refractivity contribution is 8.01.